The Hall–Kier alpha value is -1.96. The minimum atomic E-state index is -4.61. The van der Waals surface area contributed by atoms with Crippen LogP contribution in [0.5, 0.6) is 0 Å². The molecule has 0 rings (SSSR count). The lowest BCUT2D eigenvalue weighted by molar-refractivity contribution is -0.173. The summed E-state index contributed by atoms with van der Waals surface area (Å²) in [4.78, 5) is 26.2. The monoisotopic (exact) mass is 325 g/mol. The van der Waals surface area contributed by atoms with Crippen molar-refractivity contribution >= 4 is 11.9 Å². The zero-order valence-electron chi connectivity index (χ0n) is 12.5. The second kappa shape index (κ2) is 8.47. The average molecular weight is 325 g/mol. The molecule has 0 aliphatic carbocycles. The predicted molar refractivity (Wildman–Crippen MR) is 69.6 cm³/mol. The molecule has 0 saturated heterocycles. The van der Waals surface area contributed by atoms with E-state index in [0.717, 1.165) is 6.92 Å². The van der Waals surface area contributed by atoms with Crippen LogP contribution in [0.2, 0.25) is 0 Å². The van der Waals surface area contributed by atoms with E-state index in [0.29, 0.717) is 0 Å². The van der Waals surface area contributed by atoms with E-state index >= 15 is 0 Å². The molecule has 0 saturated carbocycles. The number of ether oxygens (including phenoxy) is 2. The lowest BCUT2D eigenvalue weighted by Crippen LogP contribution is -2.42. The zero-order valence-corrected chi connectivity index (χ0v) is 12.5. The van der Waals surface area contributed by atoms with Crippen LogP contribution in [-0.4, -0.2) is 37.4 Å². The van der Waals surface area contributed by atoms with E-state index in [9.17, 15) is 22.8 Å². The van der Waals surface area contributed by atoms with Crippen molar-refractivity contribution in [3.8, 4) is 0 Å². The van der Waals surface area contributed by atoms with Gasteiger partial charge in [-0.1, -0.05) is 5.11 Å². The molecule has 0 aromatic carbocycles. The third kappa shape index (κ3) is 6.21. The van der Waals surface area contributed by atoms with Crippen LogP contribution in [0.25, 0.3) is 10.4 Å². The average Bonchev–Trinajstić information content (AvgIpc) is 2.37. The van der Waals surface area contributed by atoms with Crippen LogP contribution in [0.15, 0.2) is 5.11 Å². The van der Waals surface area contributed by atoms with E-state index in [1.54, 1.807) is 0 Å². The molecule has 0 spiro atoms. The fourth-order valence-corrected chi connectivity index (χ4v) is 1.80. The molecule has 1 atom stereocenters. The summed E-state index contributed by atoms with van der Waals surface area (Å²) in [6.07, 6.45) is -6.72. The van der Waals surface area contributed by atoms with Gasteiger partial charge in [-0.25, -0.2) is 0 Å². The highest BCUT2D eigenvalue weighted by molar-refractivity contribution is 5.99. The molecule has 0 aromatic rings. The van der Waals surface area contributed by atoms with Crippen molar-refractivity contribution < 1.29 is 32.2 Å². The Morgan fingerprint density at radius 3 is 1.91 bits per heavy atom. The van der Waals surface area contributed by atoms with Crippen molar-refractivity contribution in [2.75, 3.05) is 13.2 Å². The number of rotatable bonds is 8. The van der Waals surface area contributed by atoms with Crippen LogP contribution in [0.3, 0.4) is 0 Å². The van der Waals surface area contributed by atoms with Crippen LogP contribution in [0.4, 0.5) is 13.2 Å². The van der Waals surface area contributed by atoms with Crippen LogP contribution in [-0.2, 0) is 19.1 Å². The minimum absolute atomic E-state index is 0.0563. The molecule has 0 amide bonds. The van der Waals surface area contributed by atoms with Crippen molar-refractivity contribution in [2.45, 2.75) is 45.8 Å². The second-order valence-corrected chi connectivity index (χ2v) is 4.66. The number of alkyl halides is 3. The van der Waals surface area contributed by atoms with Gasteiger partial charge in [0.2, 0.25) is 0 Å². The lowest BCUT2D eigenvalue weighted by atomic mass is 9.82. The number of halogens is 3. The van der Waals surface area contributed by atoms with Crippen LogP contribution in [0.1, 0.15) is 33.6 Å². The Bertz CT molecular complexity index is 429. The van der Waals surface area contributed by atoms with Crippen molar-refractivity contribution in [1.29, 1.82) is 0 Å². The zero-order chi connectivity index (χ0) is 17.4. The highest BCUT2D eigenvalue weighted by atomic mass is 19.4. The molecular formula is C12H18F3N3O4. The Kier molecular flexibility index (Phi) is 7.72. The van der Waals surface area contributed by atoms with Crippen LogP contribution < -0.4 is 0 Å². The van der Waals surface area contributed by atoms with E-state index in [1.807, 2.05) is 0 Å². The molecule has 0 aromatic heterocycles. The van der Waals surface area contributed by atoms with E-state index in [-0.39, 0.29) is 13.2 Å². The summed E-state index contributed by atoms with van der Waals surface area (Å²) in [7, 11) is 0. The summed E-state index contributed by atoms with van der Waals surface area (Å²) in [5.41, 5.74) is 6.40. The van der Waals surface area contributed by atoms with Gasteiger partial charge in [0.15, 0.2) is 5.41 Å². The van der Waals surface area contributed by atoms with Crippen LogP contribution >= 0.6 is 0 Å². The molecule has 22 heavy (non-hydrogen) atoms. The lowest BCUT2D eigenvalue weighted by Gasteiger charge is -2.27. The van der Waals surface area contributed by atoms with Crippen molar-refractivity contribution in [1.82, 2.24) is 0 Å². The Balaban J connectivity index is 5.43. The molecule has 0 N–H and O–H groups in total. The second-order valence-electron chi connectivity index (χ2n) is 4.66. The molecule has 7 nitrogen and oxygen atoms in total. The predicted octanol–water partition coefficient (Wildman–Crippen LogP) is 3.14. The molecule has 0 bridgehead atoms. The first-order chi connectivity index (χ1) is 10.1. The number of azide groups is 1. The minimum Gasteiger partial charge on any atom is -0.465 e. The fraction of sp³-hybridized carbons (Fsp3) is 0.833. The van der Waals surface area contributed by atoms with Gasteiger partial charge in [-0.15, -0.1) is 0 Å². The molecule has 0 heterocycles. The van der Waals surface area contributed by atoms with Crippen molar-refractivity contribution in [2.24, 2.45) is 10.5 Å². The van der Waals surface area contributed by atoms with Gasteiger partial charge in [-0.3, -0.25) is 9.59 Å². The van der Waals surface area contributed by atoms with Gasteiger partial charge in [-0.2, -0.15) is 13.2 Å². The summed E-state index contributed by atoms with van der Waals surface area (Å²) in [5.74, 6) is -2.04. The van der Waals surface area contributed by atoms with E-state index in [2.05, 4.69) is 10.0 Å². The fourth-order valence-electron chi connectivity index (χ4n) is 1.80. The first-order valence-corrected chi connectivity index (χ1v) is 6.56. The van der Waals surface area contributed by atoms with E-state index in [1.165, 1.54) is 13.8 Å². The summed E-state index contributed by atoms with van der Waals surface area (Å²) in [6.45, 7) is 3.98. The molecule has 0 radical (unpaired) electrons. The molecule has 126 valence electrons. The summed E-state index contributed by atoms with van der Waals surface area (Å²) >= 11 is 0. The molecular weight excluding hydrogens is 307 g/mol. The summed E-state index contributed by atoms with van der Waals surface area (Å²) < 4.78 is 46.9. The first-order valence-electron chi connectivity index (χ1n) is 6.56. The normalized spacial score (nSPS) is 13.0. The maximum atomic E-state index is 12.5. The number of nitrogens with zero attached hydrogens (tertiary/aromatic N) is 3. The van der Waals surface area contributed by atoms with Crippen molar-refractivity contribution in [3.05, 3.63) is 10.4 Å². The Morgan fingerprint density at radius 1 is 1.14 bits per heavy atom. The molecule has 0 aliphatic rings. The Morgan fingerprint density at radius 2 is 1.59 bits per heavy atom. The third-order valence-corrected chi connectivity index (χ3v) is 2.78. The standard InChI is InChI=1S/C12H18F3N3O4/c1-4-21-9(19)11(3,10(20)22-5-2)6-8(17-18-16)7-12(13,14)15/h8H,4-7H2,1-3H3. The smallest absolute Gasteiger partial charge is 0.389 e. The SMILES string of the molecule is CCOC(=O)C(C)(CC(CC(F)(F)F)N=[N+]=[N-])C(=O)OCC. The Labute approximate surface area is 125 Å². The van der Waals surface area contributed by atoms with Gasteiger partial charge >= 0.3 is 18.1 Å². The molecule has 1 unspecified atom stereocenters. The maximum Gasteiger partial charge on any atom is 0.389 e. The van der Waals surface area contributed by atoms with E-state index in [4.69, 9.17) is 15.0 Å². The van der Waals surface area contributed by atoms with Gasteiger partial charge in [0, 0.05) is 11.0 Å². The van der Waals surface area contributed by atoms with E-state index < -0.39 is 42.4 Å². The number of carbonyl (C=O) groups excluding carboxylic acids is 2. The topological polar surface area (TPSA) is 101 Å². The van der Waals surface area contributed by atoms with Gasteiger partial charge < -0.3 is 9.47 Å². The third-order valence-electron chi connectivity index (χ3n) is 2.78. The van der Waals surface area contributed by atoms with Crippen molar-refractivity contribution in [3.63, 3.8) is 0 Å². The van der Waals surface area contributed by atoms with Gasteiger partial charge in [0.05, 0.1) is 19.6 Å². The first kappa shape index (κ1) is 20.0. The maximum absolute atomic E-state index is 12.5. The summed E-state index contributed by atoms with van der Waals surface area (Å²) in [5, 5.41) is 3.02. The van der Waals surface area contributed by atoms with Crippen LogP contribution in [0, 0.1) is 5.41 Å². The van der Waals surface area contributed by atoms with Gasteiger partial charge in [-0.05, 0) is 32.7 Å². The van der Waals surface area contributed by atoms with Gasteiger partial charge in [0.25, 0.3) is 0 Å². The molecule has 0 fully saturated rings. The molecule has 10 heteroatoms. The number of hydrogen-bond acceptors (Lipinski definition) is 5. The number of carbonyl (C=O) groups is 2. The summed E-state index contributed by atoms with van der Waals surface area (Å²) in [6, 6.07) is -1.62. The number of hydrogen-bond donors (Lipinski definition) is 0. The highest BCUT2D eigenvalue weighted by Crippen LogP contribution is 2.33. The largest absolute Gasteiger partial charge is 0.465 e. The quantitative estimate of drug-likeness (QED) is 0.225. The highest BCUT2D eigenvalue weighted by Gasteiger charge is 2.47. The van der Waals surface area contributed by atoms with Gasteiger partial charge in [0.1, 0.15) is 0 Å². The number of esters is 2. The molecule has 0 aliphatic heterocycles.